The molecule has 2 aliphatic rings. The zero-order valence-corrected chi connectivity index (χ0v) is 13.5. The molecule has 1 unspecified atom stereocenters. The Morgan fingerprint density at radius 1 is 1.41 bits per heavy atom. The molecule has 3 N–H and O–H groups in total. The average Bonchev–Trinajstić information content (AvgIpc) is 2.89. The summed E-state index contributed by atoms with van der Waals surface area (Å²) in [7, 11) is 1.99. The smallest absolute Gasteiger partial charge is 0.243 e. The number of benzene rings is 1. The summed E-state index contributed by atoms with van der Waals surface area (Å²) in [5.74, 6) is 0.505. The third-order valence-electron chi connectivity index (χ3n) is 4.86. The van der Waals surface area contributed by atoms with Crippen molar-refractivity contribution >= 4 is 17.3 Å². The molecule has 1 aromatic rings. The van der Waals surface area contributed by atoms with Crippen LogP contribution >= 0.6 is 0 Å². The van der Waals surface area contributed by atoms with Crippen LogP contribution in [-0.4, -0.2) is 43.3 Å². The second-order valence-corrected chi connectivity index (χ2v) is 6.74. The number of carbonyl (C=O) groups excluding carboxylic acids is 1. The number of nitrogens with zero attached hydrogens (tertiary/aromatic N) is 1. The number of rotatable bonds is 2. The number of likely N-dealkylation sites (N-methyl/N-ethyl adjacent to an activating group) is 1. The summed E-state index contributed by atoms with van der Waals surface area (Å²) >= 11 is 0. The molecule has 2 heterocycles. The number of amides is 1. The molecule has 2 aliphatic heterocycles. The van der Waals surface area contributed by atoms with Gasteiger partial charge in [-0.3, -0.25) is 4.79 Å². The van der Waals surface area contributed by atoms with E-state index in [0.717, 1.165) is 24.3 Å². The molecule has 0 aromatic heterocycles. The van der Waals surface area contributed by atoms with Gasteiger partial charge in [0.1, 0.15) is 6.04 Å². The van der Waals surface area contributed by atoms with Crippen LogP contribution < -0.4 is 15.5 Å². The van der Waals surface area contributed by atoms with Crippen molar-refractivity contribution in [2.45, 2.75) is 38.3 Å². The van der Waals surface area contributed by atoms with Crippen molar-refractivity contribution in [3.63, 3.8) is 0 Å². The van der Waals surface area contributed by atoms with E-state index < -0.39 is 0 Å². The van der Waals surface area contributed by atoms with Crippen molar-refractivity contribution in [3.8, 4) is 0 Å². The van der Waals surface area contributed by atoms with Crippen LogP contribution in [0, 0.1) is 5.92 Å². The Morgan fingerprint density at radius 2 is 2.18 bits per heavy atom. The summed E-state index contributed by atoms with van der Waals surface area (Å²) < 4.78 is 0. The minimum Gasteiger partial charge on any atom is -0.394 e. The van der Waals surface area contributed by atoms with E-state index in [4.69, 9.17) is 0 Å². The van der Waals surface area contributed by atoms with Crippen molar-refractivity contribution in [2.24, 2.45) is 5.92 Å². The largest absolute Gasteiger partial charge is 0.394 e. The first-order chi connectivity index (χ1) is 10.5. The summed E-state index contributed by atoms with van der Waals surface area (Å²) in [6, 6.07) is 5.81. The van der Waals surface area contributed by atoms with Gasteiger partial charge in [-0.25, -0.2) is 0 Å². The monoisotopic (exact) mass is 303 g/mol. The second-order valence-electron chi connectivity index (χ2n) is 6.74. The number of aliphatic hydroxyl groups is 1. The molecule has 0 radical (unpaired) electrons. The van der Waals surface area contributed by atoms with Crippen LogP contribution in [0.1, 0.15) is 31.7 Å². The SMILES string of the molecule is CC(C)[C@H]1C(=O)N[C@H](CO)CC2CNc3cccc(c32)N1C. The third-order valence-corrected chi connectivity index (χ3v) is 4.86. The van der Waals surface area contributed by atoms with Gasteiger partial charge >= 0.3 is 0 Å². The van der Waals surface area contributed by atoms with Crippen molar-refractivity contribution < 1.29 is 9.90 Å². The fourth-order valence-corrected chi connectivity index (χ4v) is 3.86. The maximum absolute atomic E-state index is 12.7. The molecule has 1 aromatic carbocycles. The van der Waals surface area contributed by atoms with Gasteiger partial charge < -0.3 is 20.6 Å². The fraction of sp³-hybridized carbons (Fsp3) is 0.588. The highest BCUT2D eigenvalue weighted by molar-refractivity contribution is 5.87. The summed E-state index contributed by atoms with van der Waals surface area (Å²) in [6.45, 7) is 4.96. The minimum atomic E-state index is -0.236. The van der Waals surface area contributed by atoms with E-state index in [9.17, 15) is 9.90 Å². The Morgan fingerprint density at radius 3 is 2.86 bits per heavy atom. The first-order valence-electron chi connectivity index (χ1n) is 8.03. The maximum atomic E-state index is 12.7. The summed E-state index contributed by atoms with van der Waals surface area (Å²) in [4.78, 5) is 14.8. The summed E-state index contributed by atoms with van der Waals surface area (Å²) in [5, 5.41) is 16.1. The molecule has 120 valence electrons. The number of carbonyl (C=O) groups is 1. The number of nitrogens with one attached hydrogen (secondary N) is 2. The van der Waals surface area contributed by atoms with Crippen molar-refractivity contribution in [1.29, 1.82) is 0 Å². The Kier molecular flexibility index (Phi) is 4.00. The molecule has 0 aliphatic carbocycles. The van der Waals surface area contributed by atoms with E-state index in [0.29, 0.717) is 5.92 Å². The molecule has 0 saturated heterocycles. The lowest BCUT2D eigenvalue weighted by atomic mass is 9.92. The van der Waals surface area contributed by atoms with Crippen molar-refractivity contribution in [1.82, 2.24) is 5.32 Å². The van der Waals surface area contributed by atoms with Crippen LogP contribution in [0.15, 0.2) is 18.2 Å². The predicted octanol–water partition coefficient (Wildman–Crippen LogP) is 1.54. The van der Waals surface area contributed by atoms with Crippen LogP contribution in [-0.2, 0) is 4.79 Å². The van der Waals surface area contributed by atoms with Gasteiger partial charge in [0.05, 0.1) is 12.6 Å². The van der Waals surface area contributed by atoms with E-state index in [1.165, 1.54) is 5.56 Å². The lowest BCUT2D eigenvalue weighted by Crippen LogP contribution is -2.51. The highest BCUT2D eigenvalue weighted by Gasteiger charge is 2.36. The Labute approximate surface area is 131 Å². The molecular formula is C17H25N3O2. The molecule has 0 bridgehead atoms. The molecule has 0 saturated carbocycles. The van der Waals surface area contributed by atoms with E-state index >= 15 is 0 Å². The zero-order chi connectivity index (χ0) is 15.9. The van der Waals surface area contributed by atoms with Gasteiger partial charge in [-0.05, 0) is 24.5 Å². The molecule has 5 nitrogen and oxygen atoms in total. The standard InChI is InChI=1S/C17H25N3O2/c1-10(2)16-17(22)19-12(9-21)7-11-8-18-13-5-4-6-14(15(11)13)20(16)3/h4-6,10-12,16,18,21H,7-9H2,1-3H3,(H,19,22)/t11?,12-,16-/m0/s1. The summed E-state index contributed by atoms with van der Waals surface area (Å²) in [6.07, 6.45) is 0.762. The lowest BCUT2D eigenvalue weighted by molar-refractivity contribution is -0.124. The lowest BCUT2D eigenvalue weighted by Gasteiger charge is -2.33. The zero-order valence-electron chi connectivity index (χ0n) is 13.5. The van der Waals surface area contributed by atoms with Gasteiger partial charge in [-0.1, -0.05) is 19.9 Å². The predicted molar refractivity (Wildman–Crippen MR) is 88.3 cm³/mol. The first-order valence-corrected chi connectivity index (χ1v) is 8.03. The van der Waals surface area contributed by atoms with E-state index in [1.54, 1.807) is 0 Å². The molecule has 22 heavy (non-hydrogen) atoms. The highest BCUT2D eigenvalue weighted by atomic mass is 16.3. The van der Waals surface area contributed by atoms with Gasteiger partial charge in [0, 0.05) is 36.4 Å². The van der Waals surface area contributed by atoms with Crippen LogP contribution in [0.25, 0.3) is 0 Å². The van der Waals surface area contributed by atoms with Gasteiger partial charge in [0.2, 0.25) is 5.91 Å². The fourth-order valence-electron chi connectivity index (χ4n) is 3.86. The number of aliphatic hydroxyl groups excluding tert-OH is 1. The molecular weight excluding hydrogens is 278 g/mol. The number of hydrogen-bond acceptors (Lipinski definition) is 4. The quantitative estimate of drug-likeness (QED) is 0.775. The van der Waals surface area contributed by atoms with Crippen molar-refractivity contribution in [2.75, 3.05) is 30.4 Å². The molecule has 0 spiro atoms. The van der Waals surface area contributed by atoms with Gasteiger partial charge in [0.25, 0.3) is 0 Å². The Bertz CT molecular complexity index is 573. The minimum absolute atomic E-state index is 0.00193. The molecule has 5 heteroatoms. The molecule has 1 amide bonds. The first kappa shape index (κ1) is 15.2. The van der Waals surface area contributed by atoms with Crippen molar-refractivity contribution in [3.05, 3.63) is 23.8 Å². The molecule has 0 fully saturated rings. The van der Waals surface area contributed by atoms with Crippen LogP contribution in [0.3, 0.4) is 0 Å². The number of anilines is 2. The van der Waals surface area contributed by atoms with E-state index in [2.05, 4.69) is 41.5 Å². The second kappa shape index (κ2) is 5.80. The van der Waals surface area contributed by atoms with E-state index in [1.807, 2.05) is 13.1 Å². The van der Waals surface area contributed by atoms with E-state index in [-0.39, 0.29) is 30.5 Å². The van der Waals surface area contributed by atoms with Crippen LogP contribution in [0.2, 0.25) is 0 Å². The summed E-state index contributed by atoms with van der Waals surface area (Å²) in [5.41, 5.74) is 3.56. The normalized spacial score (nSPS) is 27.6. The van der Waals surface area contributed by atoms with Gasteiger partial charge in [-0.2, -0.15) is 0 Å². The topological polar surface area (TPSA) is 64.6 Å². The van der Waals surface area contributed by atoms with Crippen LogP contribution in [0.5, 0.6) is 0 Å². The highest BCUT2D eigenvalue weighted by Crippen LogP contribution is 2.42. The average molecular weight is 303 g/mol. The molecule has 3 atom stereocenters. The van der Waals surface area contributed by atoms with Gasteiger partial charge in [0.15, 0.2) is 0 Å². The Hall–Kier alpha value is -1.75. The number of hydrogen-bond donors (Lipinski definition) is 3. The van der Waals surface area contributed by atoms with Crippen LogP contribution in [0.4, 0.5) is 11.4 Å². The molecule has 3 rings (SSSR count). The third kappa shape index (κ3) is 2.43. The van der Waals surface area contributed by atoms with Gasteiger partial charge in [-0.15, -0.1) is 0 Å². The maximum Gasteiger partial charge on any atom is 0.243 e. The Balaban J connectivity index is 2.11.